The van der Waals surface area contributed by atoms with E-state index in [1.807, 2.05) is 0 Å². The largest absolute Gasteiger partial charge is 0.395 e. The van der Waals surface area contributed by atoms with Crippen LogP contribution in [0.5, 0.6) is 0 Å². The average molecular weight is 269 g/mol. The van der Waals surface area contributed by atoms with E-state index in [-0.39, 0.29) is 0 Å². The number of nitrogens with one attached hydrogen (secondary N) is 1. The van der Waals surface area contributed by atoms with Crippen molar-refractivity contribution in [3.63, 3.8) is 0 Å². The van der Waals surface area contributed by atoms with Crippen LogP contribution in [0.4, 0.5) is 18.9 Å². The summed E-state index contributed by atoms with van der Waals surface area (Å²) in [4.78, 5) is 0. The van der Waals surface area contributed by atoms with Gasteiger partial charge in [-0.05, 0) is 6.92 Å². The van der Waals surface area contributed by atoms with Gasteiger partial charge in [0.2, 0.25) is 10.0 Å². The summed E-state index contributed by atoms with van der Waals surface area (Å²) in [5, 5.41) is 7.42. The van der Waals surface area contributed by atoms with Crippen molar-refractivity contribution >= 4 is 15.7 Å². The summed E-state index contributed by atoms with van der Waals surface area (Å²) in [5.74, 6) is -3.88. The highest BCUT2D eigenvalue weighted by atomic mass is 32.2. The van der Waals surface area contributed by atoms with Crippen molar-refractivity contribution in [3.05, 3.63) is 29.6 Å². The summed E-state index contributed by atoms with van der Waals surface area (Å²) in [7, 11) is -4.12. The lowest BCUT2D eigenvalue weighted by atomic mass is 10.3. The number of hydrogen-bond donors (Lipinski definition) is 2. The van der Waals surface area contributed by atoms with Crippen LogP contribution in [0.3, 0.4) is 0 Å². The van der Waals surface area contributed by atoms with Crippen LogP contribution in [0.15, 0.2) is 12.1 Å². The minimum Gasteiger partial charge on any atom is -0.395 e. The van der Waals surface area contributed by atoms with Gasteiger partial charge in [0.25, 0.3) is 0 Å². The summed E-state index contributed by atoms with van der Waals surface area (Å²) in [5.41, 5.74) is -0.966. The molecule has 8 heteroatoms. The summed E-state index contributed by atoms with van der Waals surface area (Å²) in [6, 6.07) is 0.703. The molecule has 1 unspecified atom stereocenters. The third kappa shape index (κ3) is 3.10. The van der Waals surface area contributed by atoms with Crippen LogP contribution in [0.25, 0.3) is 0 Å². The van der Waals surface area contributed by atoms with Gasteiger partial charge in [0.1, 0.15) is 16.8 Å². The van der Waals surface area contributed by atoms with Crippen molar-refractivity contribution in [3.8, 4) is 0 Å². The van der Waals surface area contributed by atoms with Gasteiger partial charge in [0, 0.05) is 12.1 Å². The molecule has 0 radical (unpaired) electrons. The highest BCUT2D eigenvalue weighted by Crippen LogP contribution is 2.22. The predicted molar refractivity (Wildman–Crippen MR) is 55.4 cm³/mol. The molecule has 0 spiro atoms. The quantitative estimate of drug-likeness (QED) is 0.864. The van der Waals surface area contributed by atoms with Crippen LogP contribution >= 0.6 is 0 Å². The Morgan fingerprint density at radius 3 is 2.18 bits per heavy atom. The predicted octanol–water partition coefficient (Wildman–Crippen LogP) is 1.23. The van der Waals surface area contributed by atoms with Gasteiger partial charge in [-0.3, -0.25) is 4.72 Å². The van der Waals surface area contributed by atoms with Crippen LogP contribution < -0.4 is 4.72 Å². The molecular weight excluding hydrogens is 259 g/mol. The molecule has 0 aliphatic rings. The Morgan fingerprint density at radius 1 is 1.29 bits per heavy atom. The molecule has 0 aliphatic heterocycles. The number of aliphatic hydroxyl groups is 1. The summed E-state index contributed by atoms with van der Waals surface area (Å²) >= 11 is 0. The standard InChI is InChI=1S/C9H10F3NO3S/c1-5(4-14)17(15,16)13-9-7(11)2-6(10)3-8(9)12/h2-3,5,13-14H,4H2,1H3. The molecule has 0 saturated carbocycles. The van der Waals surface area contributed by atoms with Gasteiger partial charge in [-0.1, -0.05) is 0 Å². The molecule has 0 aliphatic carbocycles. The zero-order valence-corrected chi connectivity index (χ0v) is 9.56. The number of rotatable bonds is 4. The monoisotopic (exact) mass is 269 g/mol. The van der Waals surface area contributed by atoms with E-state index in [1.54, 1.807) is 4.72 Å². The second-order valence-electron chi connectivity index (χ2n) is 3.38. The van der Waals surface area contributed by atoms with Crippen LogP contribution in [0.2, 0.25) is 0 Å². The van der Waals surface area contributed by atoms with Crippen molar-refractivity contribution in [2.45, 2.75) is 12.2 Å². The molecule has 1 atom stereocenters. The molecule has 1 aromatic rings. The number of halogens is 3. The Balaban J connectivity index is 3.13. The second kappa shape index (κ2) is 4.92. The van der Waals surface area contributed by atoms with Crippen LogP contribution in [0, 0.1) is 17.5 Å². The van der Waals surface area contributed by atoms with Crippen molar-refractivity contribution in [2.75, 3.05) is 11.3 Å². The third-order valence-corrected chi connectivity index (χ3v) is 3.74. The lowest BCUT2D eigenvalue weighted by molar-refractivity contribution is 0.296. The summed E-state index contributed by atoms with van der Waals surface area (Å²) in [6.45, 7) is 0.446. The van der Waals surface area contributed by atoms with Crippen LogP contribution in [-0.4, -0.2) is 25.4 Å². The van der Waals surface area contributed by atoms with E-state index < -0.39 is 45.0 Å². The van der Waals surface area contributed by atoms with Crippen molar-refractivity contribution in [2.24, 2.45) is 0 Å². The lowest BCUT2D eigenvalue weighted by Crippen LogP contribution is -2.29. The molecule has 96 valence electrons. The van der Waals surface area contributed by atoms with E-state index >= 15 is 0 Å². The number of aliphatic hydroxyl groups excluding tert-OH is 1. The molecule has 4 nitrogen and oxygen atoms in total. The van der Waals surface area contributed by atoms with Gasteiger partial charge < -0.3 is 5.11 Å². The molecule has 0 bridgehead atoms. The van der Waals surface area contributed by atoms with Gasteiger partial charge in [-0.25, -0.2) is 21.6 Å². The first-order chi connectivity index (χ1) is 7.77. The van der Waals surface area contributed by atoms with E-state index in [0.717, 1.165) is 6.92 Å². The topological polar surface area (TPSA) is 66.4 Å². The van der Waals surface area contributed by atoms with Gasteiger partial charge >= 0.3 is 0 Å². The highest BCUT2D eigenvalue weighted by Gasteiger charge is 2.23. The van der Waals surface area contributed by atoms with Gasteiger partial charge in [-0.2, -0.15) is 0 Å². The normalized spacial score (nSPS) is 13.5. The Kier molecular flexibility index (Phi) is 3.99. The van der Waals surface area contributed by atoms with E-state index in [4.69, 9.17) is 5.11 Å². The fourth-order valence-electron chi connectivity index (χ4n) is 0.981. The molecule has 0 heterocycles. The molecule has 0 aromatic heterocycles. The first-order valence-corrected chi connectivity index (χ1v) is 6.09. The van der Waals surface area contributed by atoms with Crippen LogP contribution in [0.1, 0.15) is 6.92 Å². The zero-order chi connectivity index (χ0) is 13.2. The Hall–Kier alpha value is -1.28. The van der Waals surface area contributed by atoms with E-state index in [9.17, 15) is 21.6 Å². The van der Waals surface area contributed by atoms with Gasteiger partial charge in [0.15, 0.2) is 11.6 Å². The first-order valence-electron chi connectivity index (χ1n) is 4.55. The molecule has 0 fully saturated rings. The number of hydrogen-bond acceptors (Lipinski definition) is 3. The molecular formula is C9H10F3NO3S. The summed E-state index contributed by atoms with van der Waals surface area (Å²) in [6.07, 6.45) is 0. The molecule has 17 heavy (non-hydrogen) atoms. The number of anilines is 1. The van der Waals surface area contributed by atoms with E-state index in [0.29, 0.717) is 12.1 Å². The average Bonchev–Trinajstić information content (AvgIpc) is 2.22. The third-order valence-electron chi connectivity index (χ3n) is 2.04. The van der Waals surface area contributed by atoms with Crippen molar-refractivity contribution in [1.82, 2.24) is 0 Å². The second-order valence-corrected chi connectivity index (χ2v) is 5.48. The smallest absolute Gasteiger partial charge is 0.237 e. The van der Waals surface area contributed by atoms with Crippen LogP contribution in [-0.2, 0) is 10.0 Å². The fraction of sp³-hybridized carbons (Fsp3) is 0.333. The van der Waals surface area contributed by atoms with Crippen molar-refractivity contribution < 1.29 is 26.7 Å². The minimum absolute atomic E-state index is 0.352. The van der Waals surface area contributed by atoms with Gasteiger partial charge in [0.05, 0.1) is 6.61 Å². The molecule has 0 amide bonds. The Bertz CT molecular complexity index is 495. The van der Waals surface area contributed by atoms with E-state index in [1.165, 1.54) is 0 Å². The lowest BCUT2D eigenvalue weighted by Gasteiger charge is -2.13. The molecule has 1 rings (SSSR count). The zero-order valence-electron chi connectivity index (χ0n) is 8.75. The number of benzene rings is 1. The van der Waals surface area contributed by atoms with Gasteiger partial charge in [-0.15, -0.1) is 0 Å². The molecule has 0 saturated heterocycles. The maximum absolute atomic E-state index is 13.1. The van der Waals surface area contributed by atoms with Crippen molar-refractivity contribution in [1.29, 1.82) is 0 Å². The Morgan fingerprint density at radius 2 is 1.76 bits per heavy atom. The summed E-state index contributed by atoms with van der Waals surface area (Å²) < 4.78 is 63.3. The van der Waals surface area contributed by atoms with E-state index in [2.05, 4.69) is 0 Å². The molecule has 2 N–H and O–H groups in total. The Labute approximate surface area is 96.1 Å². The fourth-order valence-corrected chi connectivity index (χ4v) is 1.86. The SMILES string of the molecule is CC(CO)S(=O)(=O)Nc1c(F)cc(F)cc1F. The molecule has 1 aromatic carbocycles. The maximum atomic E-state index is 13.1. The minimum atomic E-state index is -4.12. The number of sulfonamides is 1. The highest BCUT2D eigenvalue weighted by molar-refractivity contribution is 7.93. The first kappa shape index (κ1) is 13.8. The maximum Gasteiger partial charge on any atom is 0.237 e.